The molecule has 3 heteroatoms. The quantitative estimate of drug-likeness (QED) is 0.171. The van der Waals surface area contributed by atoms with Crippen LogP contribution in [0.3, 0.4) is 0 Å². The number of hydrogen-bond acceptors (Lipinski definition) is 2. The second-order valence-corrected chi connectivity index (χ2v) is 18.7. The summed E-state index contributed by atoms with van der Waals surface area (Å²) >= 11 is 0. The molecule has 7 bridgehead atoms. The smallest absolute Gasteiger partial charge is 0.0728 e. The molecule has 15 rings (SSSR count). The van der Waals surface area contributed by atoms with Gasteiger partial charge in [0.1, 0.15) is 0 Å². The van der Waals surface area contributed by atoms with E-state index in [9.17, 15) is 0 Å². The lowest BCUT2D eigenvalue weighted by atomic mass is 9.56. The summed E-state index contributed by atoms with van der Waals surface area (Å²) in [6.07, 6.45) is 18.7. The maximum absolute atomic E-state index is 5.55. The molecule has 6 aromatic rings. The Morgan fingerprint density at radius 2 is 1.34 bits per heavy atom. The third kappa shape index (κ3) is 2.49. The Balaban J connectivity index is 1.20. The van der Waals surface area contributed by atoms with Crippen molar-refractivity contribution in [2.45, 2.75) is 107 Å². The highest BCUT2D eigenvalue weighted by molar-refractivity contribution is 6.28. The minimum atomic E-state index is -0.0519. The summed E-state index contributed by atoms with van der Waals surface area (Å²) in [6.45, 7) is 5.02. The van der Waals surface area contributed by atoms with Crippen LogP contribution in [0.1, 0.15) is 135 Å². The summed E-state index contributed by atoms with van der Waals surface area (Å²) in [5.41, 5.74) is 17.1. The van der Waals surface area contributed by atoms with Crippen LogP contribution in [0.25, 0.3) is 49.2 Å². The van der Waals surface area contributed by atoms with Gasteiger partial charge in [0.05, 0.1) is 28.9 Å². The summed E-state index contributed by atoms with van der Waals surface area (Å²) in [7, 11) is 0. The fourth-order valence-electron chi connectivity index (χ4n) is 15.3. The number of nitrogens with zero attached hydrogens (tertiary/aromatic N) is 3. The first-order valence-electron chi connectivity index (χ1n) is 19.2. The zero-order chi connectivity index (χ0) is 30.3. The van der Waals surface area contributed by atoms with Gasteiger partial charge >= 0.3 is 0 Å². The highest BCUT2D eigenvalue weighted by Gasteiger charge is 2.66. The van der Waals surface area contributed by atoms with Gasteiger partial charge in [-0.25, -0.2) is 0 Å². The Morgan fingerprint density at radius 3 is 2.17 bits per heavy atom. The fraction of sp³-hybridized carbons (Fsp3) is 0.500. The van der Waals surface area contributed by atoms with Gasteiger partial charge in [0.25, 0.3) is 0 Å². The lowest BCUT2D eigenvalue weighted by Gasteiger charge is -2.48. The Morgan fingerprint density at radius 1 is 0.660 bits per heavy atom. The lowest BCUT2D eigenvalue weighted by Crippen LogP contribution is -2.41. The van der Waals surface area contributed by atoms with Crippen molar-refractivity contribution in [3.05, 3.63) is 76.4 Å². The summed E-state index contributed by atoms with van der Waals surface area (Å²) in [5, 5.41) is 6.21. The van der Waals surface area contributed by atoms with Crippen LogP contribution in [0, 0.1) is 29.1 Å². The van der Waals surface area contributed by atoms with Crippen molar-refractivity contribution in [2.24, 2.45) is 29.1 Å². The average Bonchev–Trinajstić information content (AvgIpc) is 3.76. The minimum absolute atomic E-state index is 0.0519. The van der Waals surface area contributed by atoms with E-state index < -0.39 is 0 Å². The van der Waals surface area contributed by atoms with Crippen molar-refractivity contribution in [2.75, 3.05) is 0 Å². The van der Waals surface area contributed by atoms with Gasteiger partial charge in [-0.1, -0.05) is 38.1 Å². The summed E-state index contributed by atoms with van der Waals surface area (Å²) in [4.78, 5) is 11.0. The van der Waals surface area contributed by atoms with E-state index in [1.165, 1.54) is 114 Å². The molecular formula is C44H41N3. The topological polar surface area (TPSA) is 30.2 Å². The first kappa shape index (κ1) is 24.6. The fourth-order valence-corrected chi connectivity index (χ4v) is 15.3. The number of rotatable bonds is 0. The summed E-state index contributed by atoms with van der Waals surface area (Å²) in [6, 6.07) is 12.0. The van der Waals surface area contributed by atoms with Crippen LogP contribution in [0.2, 0.25) is 0 Å². The summed E-state index contributed by atoms with van der Waals surface area (Å²) < 4.78 is 2.69. The largest absolute Gasteiger partial charge is 0.305 e. The molecule has 2 aromatic carbocycles. The molecule has 0 radical (unpaired) electrons. The van der Waals surface area contributed by atoms with Crippen molar-refractivity contribution in [1.29, 1.82) is 0 Å². The van der Waals surface area contributed by atoms with E-state index in [4.69, 9.17) is 9.97 Å². The maximum Gasteiger partial charge on any atom is 0.0728 e. The Bertz CT molecular complexity index is 2470. The van der Waals surface area contributed by atoms with E-state index in [-0.39, 0.29) is 5.41 Å². The predicted molar refractivity (Wildman–Crippen MR) is 188 cm³/mol. The molecule has 9 aliphatic rings. The lowest BCUT2D eigenvalue weighted by molar-refractivity contribution is 0.00321. The normalized spacial score (nSPS) is 37.4. The third-order valence-corrected chi connectivity index (χ3v) is 16.6. The second-order valence-electron chi connectivity index (χ2n) is 18.7. The molecule has 0 saturated heterocycles. The number of fused-ring (bicyclic) bond motifs is 16. The molecule has 5 saturated carbocycles. The molecule has 7 unspecified atom stereocenters. The Kier molecular flexibility index (Phi) is 3.89. The number of benzene rings is 2. The van der Waals surface area contributed by atoms with Gasteiger partial charge in [-0.05, 0) is 145 Å². The molecule has 0 amide bonds. The van der Waals surface area contributed by atoms with Gasteiger partial charge in [0.2, 0.25) is 0 Å². The van der Waals surface area contributed by atoms with Gasteiger partial charge in [-0.2, -0.15) is 0 Å². The van der Waals surface area contributed by atoms with Gasteiger partial charge in [-0.3, -0.25) is 9.97 Å². The van der Waals surface area contributed by atoms with Crippen LogP contribution in [0.15, 0.2) is 42.7 Å². The predicted octanol–water partition coefficient (Wildman–Crippen LogP) is 10.7. The van der Waals surface area contributed by atoms with E-state index in [1.807, 2.05) is 0 Å². The third-order valence-electron chi connectivity index (χ3n) is 16.6. The first-order chi connectivity index (χ1) is 23.0. The molecule has 9 aliphatic carbocycles. The minimum Gasteiger partial charge on any atom is -0.305 e. The molecule has 5 fully saturated rings. The molecule has 3 nitrogen and oxygen atoms in total. The highest BCUT2D eigenvalue weighted by Crippen LogP contribution is 2.76. The standard InChI is InChI=1S/C44H41N3/c1-43(2)31-6-4-3-5-28(31)29-15-30-36-32(18-45-40-23-10-20-7-21(11-23)9-22(8-20)34(36)40)47-33-19-46-41-25-13-27-14-26-12-24(16-44(26,27)17-25)35(41)37(33)38(39(29)43)42(30)47/h3-6,15,18-27H,7-14,16-17H2,1-2H3. The molecule has 1 spiro atoms. The molecule has 4 aromatic heterocycles. The molecule has 232 valence electrons. The molecule has 0 N–H and O–H groups in total. The van der Waals surface area contributed by atoms with Crippen LogP contribution in [-0.2, 0) is 5.41 Å². The van der Waals surface area contributed by atoms with Crippen LogP contribution >= 0.6 is 0 Å². The van der Waals surface area contributed by atoms with Crippen LogP contribution in [0.4, 0.5) is 0 Å². The average molecular weight is 612 g/mol. The Labute approximate surface area is 275 Å². The molecule has 4 heterocycles. The van der Waals surface area contributed by atoms with Gasteiger partial charge in [0.15, 0.2) is 0 Å². The number of aromatic nitrogens is 3. The first-order valence-corrected chi connectivity index (χ1v) is 19.2. The van der Waals surface area contributed by atoms with Crippen molar-refractivity contribution in [3.8, 4) is 11.1 Å². The number of hydrogen-bond donors (Lipinski definition) is 0. The van der Waals surface area contributed by atoms with Crippen molar-refractivity contribution in [3.63, 3.8) is 0 Å². The number of pyridine rings is 2. The van der Waals surface area contributed by atoms with Gasteiger partial charge in [0, 0.05) is 50.2 Å². The zero-order valence-corrected chi connectivity index (χ0v) is 27.6. The van der Waals surface area contributed by atoms with Crippen molar-refractivity contribution >= 4 is 38.1 Å². The van der Waals surface area contributed by atoms with Crippen molar-refractivity contribution < 1.29 is 0 Å². The summed E-state index contributed by atoms with van der Waals surface area (Å²) in [5.74, 6) is 6.37. The Hall–Kier alpha value is -3.46. The van der Waals surface area contributed by atoms with Crippen LogP contribution in [0.5, 0.6) is 0 Å². The van der Waals surface area contributed by atoms with Crippen LogP contribution in [-0.4, -0.2) is 14.4 Å². The van der Waals surface area contributed by atoms with E-state index in [0.29, 0.717) is 29.1 Å². The second kappa shape index (κ2) is 7.41. The molecular weight excluding hydrogens is 571 g/mol. The highest BCUT2D eigenvalue weighted by atomic mass is 15.0. The zero-order valence-electron chi connectivity index (χ0n) is 27.6. The van der Waals surface area contributed by atoms with E-state index in [0.717, 1.165) is 23.7 Å². The molecule has 0 aliphatic heterocycles. The van der Waals surface area contributed by atoms with Crippen molar-refractivity contribution in [1.82, 2.24) is 14.4 Å². The van der Waals surface area contributed by atoms with E-state index >= 15 is 0 Å². The molecule has 47 heavy (non-hydrogen) atoms. The molecule has 7 atom stereocenters. The maximum atomic E-state index is 5.55. The van der Waals surface area contributed by atoms with E-state index in [2.05, 4.69) is 61.0 Å². The SMILES string of the molecule is CC1(C)c2ccccc2-c2cc3c4c5c(ncc4n4c6cnc7c(c6c(c21)c34)C1CC2CC3CC7CC32C1)C1CC2CC(C1)CC5C2. The van der Waals surface area contributed by atoms with Crippen LogP contribution < -0.4 is 0 Å². The van der Waals surface area contributed by atoms with Gasteiger partial charge < -0.3 is 4.40 Å². The van der Waals surface area contributed by atoms with E-state index in [1.54, 1.807) is 32.8 Å². The van der Waals surface area contributed by atoms with Gasteiger partial charge in [-0.15, -0.1) is 0 Å². The monoisotopic (exact) mass is 611 g/mol.